The largest absolute Gasteiger partial charge is 0.556 e. The fourth-order valence-electron chi connectivity index (χ4n) is 0.347. The van der Waals surface area contributed by atoms with Crippen LogP contribution in [0.1, 0.15) is 0 Å². The molecule has 0 heterocycles. The number of rotatable bonds is 5. The summed E-state index contributed by atoms with van der Waals surface area (Å²) in [6, 6.07) is 0. The van der Waals surface area contributed by atoms with E-state index in [2.05, 4.69) is 10.5 Å². The van der Waals surface area contributed by atoms with Gasteiger partial charge in [-0.15, -0.1) is 0 Å². The van der Waals surface area contributed by atoms with E-state index < -0.39 is 18.1 Å². The molecule has 4 radical (unpaired) electrons. The quantitative estimate of drug-likeness (QED) is 0.600. The van der Waals surface area contributed by atoms with E-state index in [1.807, 2.05) is 13.1 Å². The summed E-state index contributed by atoms with van der Waals surface area (Å²) >= 11 is 0. The molecule has 0 unspecified atom stereocenters. The highest BCUT2D eigenvalue weighted by Gasteiger charge is 2.30. The summed E-state index contributed by atoms with van der Waals surface area (Å²) in [5.74, 6) is 0. The molecule has 0 bridgehead atoms. The molecule has 0 amide bonds. The van der Waals surface area contributed by atoms with Crippen molar-refractivity contribution in [3.05, 3.63) is 0 Å². The van der Waals surface area contributed by atoms with E-state index in [9.17, 15) is 0 Å². The molecule has 0 aliphatic rings. The SMILES string of the molecule is CO[Si](O[Si])O[Si](C)(C)OC. The molecule has 0 aromatic heterocycles. The molecule has 0 aliphatic heterocycles. The molecule has 7 heteroatoms. The van der Waals surface area contributed by atoms with Crippen molar-refractivity contribution in [2.75, 3.05) is 14.2 Å². The zero-order valence-corrected chi connectivity index (χ0v) is 10.1. The Bertz CT molecular complexity index is 106. The van der Waals surface area contributed by atoms with Gasteiger partial charge in [0.1, 0.15) is 0 Å². The van der Waals surface area contributed by atoms with Gasteiger partial charge in [-0.1, -0.05) is 0 Å². The predicted octanol–water partition coefficient (Wildman–Crippen LogP) is 0.0826. The van der Waals surface area contributed by atoms with Gasteiger partial charge in [-0.2, -0.15) is 0 Å². The maximum absolute atomic E-state index is 5.41. The minimum absolute atomic E-state index is 1.54. The second-order valence-corrected chi connectivity index (χ2v) is 8.01. The van der Waals surface area contributed by atoms with Crippen LogP contribution in [0.2, 0.25) is 13.1 Å². The first kappa shape index (κ1) is 11.5. The topological polar surface area (TPSA) is 36.9 Å². The highest BCUT2D eigenvalue weighted by molar-refractivity contribution is 6.71. The van der Waals surface area contributed by atoms with Gasteiger partial charge in [0.25, 0.3) is 0 Å². The van der Waals surface area contributed by atoms with Crippen LogP contribution in [0.15, 0.2) is 0 Å². The van der Waals surface area contributed by atoms with Crippen LogP contribution >= 0.6 is 0 Å². The molecule has 0 aliphatic carbocycles. The van der Waals surface area contributed by atoms with Crippen molar-refractivity contribution in [1.82, 2.24) is 0 Å². The van der Waals surface area contributed by atoms with Crippen molar-refractivity contribution < 1.29 is 17.1 Å². The molecule has 0 saturated heterocycles. The monoisotopic (exact) mass is 208 g/mol. The Hall–Kier alpha value is 0.491. The second-order valence-electron chi connectivity index (χ2n) is 2.26. The number of hydrogen-bond acceptors (Lipinski definition) is 4. The molecular formula is C4H12O4Si3. The molecule has 0 rings (SSSR count). The van der Waals surface area contributed by atoms with Crippen LogP contribution < -0.4 is 0 Å². The van der Waals surface area contributed by atoms with Crippen LogP contribution in [-0.2, 0) is 17.1 Å². The molecule has 4 nitrogen and oxygen atoms in total. The normalized spacial score (nSPS) is 12.5. The van der Waals surface area contributed by atoms with Gasteiger partial charge in [0.2, 0.25) is 10.5 Å². The van der Waals surface area contributed by atoms with Gasteiger partial charge in [0.15, 0.2) is 0 Å². The van der Waals surface area contributed by atoms with Crippen molar-refractivity contribution in [2.24, 2.45) is 0 Å². The summed E-state index contributed by atoms with van der Waals surface area (Å²) in [5, 5.41) is 0. The fourth-order valence-corrected chi connectivity index (χ4v) is 3.49. The van der Waals surface area contributed by atoms with Gasteiger partial charge in [-0.25, -0.2) is 0 Å². The van der Waals surface area contributed by atoms with Crippen molar-refractivity contribution in [1.29, 1.82) is 0 Å². The summed E-state index contributed by atoms with van der Waals surface area (Å²) in [4.78, 5) is 0. The van der Waals surface area contributed by atoms with E-state index in [4.69, 9.17) is 17.1 Å². The van der Waals surface area contributed by atoms with E-state index in [0.29, 0.717) is 0 Å². The zero-order chi connectivity index (χ0) is 8.91. The molecule has 0 atom stereocenters. The van der Waals surface area contributed by atoms with Gasteiger partial charge < -0.3 is 17.1 Å². The van der Waals surface area contributed by atoms with E-state index in [1.54, 1.807) is 7.11 Å². The highest BCUT2D eigenvalue weighted by Crippen LogP contribution is 2.06. The Kier molecular flexibility index (Phi) is 5.42. The van der Waals surface area contributed by atoms with Gasteiger partial charge in [-0.05, 0) is 13.1 Å². The summed E-state index contributed by atoms with van der Waals surface area (Å²) in [7, 11) is 2.36. The lowest BCUT2D eigenvalue weighted by Gasteiger charge is -2.22. The highest BCUT2D eigenvalue weighted by atomic mass is 28.4. The third-order valence-corrected chi connectivity index (χ3v) is 5.69. The standard InChI is InChI=1S/C4H12O4Si3/c1-5-10(7-9)8-11(3,4)6-2/h1-4H3. The lowest BCUT2D eigenvalue weighted by Crippen LogP contribution is -2.42. The first-order chi connectivity index (χ1) is 5.05. The predicted molar refractivity (Wildman–Crippen MR) is 45.2 cm³/mol. The Morgan fingerprint density at radius 2 is 1.82 bits per heavy atom. The smallest absolute Gasteiger partial charge is 0.414 e. The van der Waals surface area contributed by atoms with Crippen LogP contribution in [0, 0.1) is 0 Å². The average molecular weight is 208 g/mol. The van der Waals surface area contributed by atoms with Crippen molar-refractivity contribution in [2.45, 2.75) is 13.1 Å². The maximum Gasteiger partial charge on any atom is 0.556 e. The van der Waals surface area contributed by atoms with Crippen LogP contribution in [-0.4, -0.2) is 42.8 Å². The molecule has 0 spiro atoms. The molecule has 11 heavy (non-hydrogen) atoms. The minimum Gasteiger partial charge on any atom is -0.414 e. The Balaban J connectivity index is 3.79. The van der Waals surface area contributed by atoms with E-state index >= 15 is 0 Å². The van der Waals surface area contributed by atoms with Gasteiger partial charge >= 0.3 is 18.1 Å². The third kappa shape index (κ3) is 4.85. The minimum atomic E-state index is -2.02. The van der Waals surface area contributed by atoms with Crippen LogP contribution in [0.25, 0.3) is 0 Å². The second kappa shape index (κ2) is 5.19. The van der Waals surface area contributed by atoms with Gasteiger partial charge in [0.05, 0.1) is 0 Å². The molecule has 64 valence electrons. The molecule has 0 N–H and O–H groups in total. The van der Waals surface area contributed by atoms with Crippen molar-refractivity contribution in [3.63, 3.8) is 0 Å². The molecule has 0 aromatic rings. The summed E-state index contributed by atoms with van der Waals surface area (Å²) in [6.07, 6.45) is 0. The summed E-state index contributed by atoms with van der Waals surface area (Å²) < 4.78 is 20.2. The molecule has 0 aromatic carbocycles. The van der Waals surface area contributed by atoms with Crippen molar-refractivity contribution >= 4 is 28.6 Å². The third-order valence-electron chi connectivity index (χ3n) is 1.07. The molecular weight excluding hydrogens is 196 g/mol. The maximum atomic E-state index is 5.41. The lowest BCUT2D eigenvalue weighted by molar-refractivity contribution is 0.213. The van der Waals surface area contributed by atoms with Crippen molar-refractivity contribution in [3.8, 4) is 0 Å². The Morgan fingerprint density at radius 3 is 2.09 bits per heavy atom. The lowest BCUT2D eigenvalue weighted by atomic mass is 11.8. The first-order valence-corrected chi connectivity index (χ1v) is 7.49. The van der Waals surface area contributed by atoms with Gasteiger partial charge in [-0.3, -0.25) is 0 Å². The van der Waals surface area contributed by atoms with Crippen LogP contribution in [0.4, 0.5) is 0 Å². The Morgan fingerprint density at radius 1 is 1.27 bits per heavy atom. The summed E-state index contributed by atoms with van der Waals surface area (Å²) in [6.45, 7) is 3.84. The first-order valence-electron chi connectivity index (χ1n) is 3.04. The fraction of sp³-hybridized carbons (Fsp3) is 1.00. The van der Waals surface area contributed by atoms with Crippen LogP contribution in [0.5, 0.6) is 0 Å². The number of hydrogen-bond donors (Lipinski definition) is 0. The average Bonchev–Trinajstić information content (AvgIpc) is 2.00. The van der Waals surface area contributed by atoms with E-state index in [1.165, 1.54) is 7.11 Å². The zero-order valence-electron chi connectivity index (χ0n) is 7.13. The van der Waals surface area contributed by atoms with Crippen LogP contribution in [0.3, 0.4) is 0 Å². The molecule has 0 saturated carbocycles. The van der Waals surface area contributed by atoms with E-state index in [-0.39, 0.29) is 0 Å². The summed E-state index contributed by atoms with van der Waals surface area (Å²) in [5.41, 5.74) is 0. The van der Waals surface area contributed by atoms with Gasteiger partial charge in [0, 0.05) is 14.2 Å². The molecule has 0 fully saturated rings. The van der Waals surface area contributed by atoms with E-state index in [0.717, 1.165) is 0 Å². The Labute approximate surface area is 73.6 Å².